The summed E-state index contributed by atoms with van der Waals surface area (Å²) in [5.74, 6) is -0.552. The van der Waals surface area contributed by atoms with E-state index in [4.69, 9.17) is 9.47 Å². The lowest BCUT2D eigenvalue weighted by Crippen LogP contribution is -2.39. The first kappa shape index (κ1) is 13.5. The molecule has 0 N–H and O–H groups in total. The smallest absolute Gasteiger partial charge is 0.225 e. The Morgan fingerprint density at radius 2 is 1.67 bits per heavy atom. The van der Waals surface area contributed by atoms with Crippen LogP contribution in [0.1, 0.15) is 19.4 Å². The summed E-state index contributed by atoms with van der Waals surface area (Å²) in [6, 6.07) is 10.2. The number of hydrogen-bond donors (Lipinski definition) is 0. The number of benzene rings is 1. The molecule has 0 bridgehead atoms. The van der Waals surface area contributed by atoms with E-state index in [0.717, 1.165) is 16.6 Å². The number of ether oxygens (including phenoxy) is 2. The Morgan fingerprint density at radius 1 is 1.11 bits per heavy atom. The molecule has 100 valence electrons. The Morgan fingerprint density at radius 3 is 2.11 bits per heavy atom. The molecule has 18 heavy (non-hydrogen) atoms. The highest BCUT2D eigenvalue weighted by Gasteiger charge is 2.66. The number of nitrogens with zero attached hydrogens (tertiary/aromatic N) is 1. The van der Waals surface area contributed by atoms with Crippen molar-refractivity contribution >= 4 is 0 Å². The Balaban J connectivity index is 2.07. The third-order valence-electron chi connectivity index (χ3n) is 3.37. The van der Waals surface area contributed by atoms with E-state index in [-0.39, 0.29) is 5.60 Å². The van der Waals surface area contributed by atoms with Crippen LogP contribution < -0.4 is 0 Å². The molecule has 1 aliphatic rings. The number of rotatable bonds is 5. The third-order valence-corrected chi connectivity index (χ3v) is 3.37. The molecule has 1 saturated heterocycles. The van der Waals surface area contributed by atoms with Crippen molar-refractivity contribution < 1.29 is 14.0 Å². The van der Waals surface area contributed by atoms with Crippen molar-refractivity contribution in [3.8, 4) is 0 Å². The molecule has 1 heterocycles. The lowest BCUT2D eigenvalue weighted by Gasteiger charge is -2.25. The Kier molecular flexibility index (Phi) is 3.26. The van der Waals surface area contributed by atoms with Crippen LogP contribution in [0, 0.1) is 0 Å². The average molecular weight is 250 g/mol. The fraction of sp³-hybridized carbons (Fsp3) is 0.600. The zero-order valence-electron chi connectivity index (χ0n) is 12.1. The first-order valence-corrected chi connectivity index (χ1v) is 6.47. The molecule has 0 aromatic heterocycles. The monoisotopic (exact) mass is 250 g/mol. The molecule has 0 unspecified atom stereocenters. The van der Waals surface area contributed by atoms with E-state index in [2.05, 4.69) is 47.1 Å². The van der Waals surface area contributed by atoms with Crippen LogP contribution in [0.5, 0.6) is 0 Å². The summed E-state index contributed by atoms with van der Waals surface area (Å²) >= 11 is 0. The highest BCUT2D eigenvalue weighted by Crippen LogP contribution is 2.56. The average Bonchev–Trinajstić information content (AvgIpc) is 2.81. The highest BCUT2D eigenvalue weighted by molar-refractivity contribution is 5.29. The van der Waals surface area contributed by atoms with Crippen molar-refractivity contribution in [2.24, 2.45) is 0 Å². The summed E-state index contributed by atoms with van der Waals surface area (Å²) in [4.78, 5) is 0. The lowest BCUT2D eigenvalue weighted by molar-refractivity contribution is -0.871. The third kappa shape index (κ3) is 2.58. The molecule has 0 amide bonds. The van der Waals surface area contributed by atoms with E-state index in [1.165, 1.54) is 0 Å². The summed E-state index contributed by atoms with van der Waals surface area (Å²) in [5, 5.41) is 0. The van der Waals surface area contributed by atoms with Gasteiger partial charge in [0.25, 0.3) is 0 Å². The number of quaternary nitrogens is 1. The van der Waals surface area contributed by atoms with Gasteiger partial charge in [-0.3, -0.25) is 0 Å². The van der Waals surface area contributed by atoms with E-state index in [1.807, 2.05) is 18.2 Å². The summed E-state index contributed by atoms with van der Waals surface area (Å²) in [6.07, 6.45) is 0. The summed E-state index contributed by atoms with van der Waals surface area (Å²) < 4.78 is 12.8. The Bertz CT molecular complexity index is 408. The largest absolute Gasteiger partial charge is 0.338 e. The van der Waals surface area contributed by atoms with Gasteiger partial charge >= 0.3 is 0 Å². The molecular formula is C15H24NO2+. The van der Waals surface area contributed by atoms with Crippen LogP contribution in [0.2, 0.25) is 0 Å². The van der Waals surface area contributed by atoms with Crippen LogP contribution in [0.3, 0.4) is 0 Å². The molecular weight excluding hydrogens is 226 g/mol. The summed E-state index contributed by atoms with van der Waals surface area (Å²) in [5.41, 5.74) is 0.871. The number of epoxide rings is 1. The topological polar surface area (TPSA) is 21.8 Å². The van der Waals surface area contributed by atoms with Gasteiger partial charge in [-0.1, -0.05) is 30.3 Å². The van der Waals surface area contributed by atoms with Gasteiger partial charge in [0, 0.05) is 5.56 Å². The van der Waals surface area contributed by atoms with Crippen LogP contribution in [0.15, 0.2) is 30.3 Å². The standard InChI is InChI=1S/C15H24NO2/c1-14(2)15(18-14,13-9-7-6-8-10-13)17-12-11-16(3,4)5/h6-10H,11-12H2,1-5H3/q+1/t15-/m0/s1. The van der Waals surface area contributed by atoms with Gasteiger partial charge in [-0.25, -0.2) is 0 Å². The second-order valence-corrected chi connectivity index (χ2v) is 6.46. The van der Waals surface area contributed by atoms with Crippen LogP contribution in [0.25, 0.3) is 0 Å². The predicted molar refractivity (Wildman–Crippen MR) is 72.1 cm³/mol. The van der Waals surface area contributed by atoms with E-state index in [0.29, 0.717) is 6.61 Å². The maximum atomic E-state index is 6.08. The minimum absolute atomic E-state index is 0.237. The van der Waals surface area contributed by atoms with Gasteiger partial charge in [0.15, 0.2) is 0 Å². The maximum Gasteiger partial charge on any atom is 0.225 e. The number of likely N-dealkylation sites (N-methyl/N-ethyl adjacent to an activating group) is 1. The van der Waals surface area contributed by atoms with E-state index in [1.54, 1.807) is 0 Å². The normalized spacial score (nSPS) is 26.1. The highest BCUT2D eigenvalue weighted by atomic mass is 16.8. The molecule has 3 nitrogen and oxygen atoms in total. The lowest BCUT2D eigenvalue weighted by atomic mass is 9.99. The van der Waals surface area contributed by atoms with Crippen LogP contribution in [-0.2, 0) is 15.3 Å². The van der Waals surface area contributed by atoms with E-state index >= 15 is 0 Å². The zero-order chi connectivity index (χ0) is 13.4. The molecule has 0 spiro atoms. The quantitative estimate of drug-likeness (QED) is 0.591. The van der Waals surface area contributed by atoms with E-state index in [9.17, 15) is 0 Å². The first-order chi connectivity index (χ1) is 8.27. The molecule has 2 rings (SSSR count). The van der Waals surface area contributed by atoms with Gasteiger partial charge in [0.05, 0.1) is 27.7 Å². The minimum Gasteiger partial charge on any atom is -0.338 e. The number of hydrogen-bond acceptors (Lipinski definition) is 2. The zero-order valence-corrected chi connectivity index (χ0v) is 12.1. The summed E-state index contributed by atoms with van der Waals surface area (Å²) in [6.45, 7) is 5.81. The van der Waals surface area contributed by atoms with Crippen molar-refractivity contribution in [3.63, 3.8) is 0 Å². The molecule has 0 radical (unpaired) electrons. The molecule has 1 fully saturated rings. The molecule has 0 saturated carbocycles. The maximum absolute atomic E-state index is 6.08. The summed E-state index contributed by atoms with van der Waals surface area (Å²) in [7, 11) is 6.49. The van der Waals surface area contributed by atoms with Gasteiger partial charge in [-0.15, -0.1) is 0 Å². The molecule has 1 aromatic carbocycles. The molecule has 0 aliphatic carbocycles. The van der Waals surface area contributed by atoms with Gasteiger partial charge in [-0.2, -0.15) is 0 Å². The van der Waals surface area contributed by atoms with Gasteiger partial charge in [-0.05, 0) is 13.8 Å². The molecule has 3 heteroatoms. The van der Waals surface area contributed by atoms with Crippen LogP contribution >= 0.6 is 0 Å². The second kappa shape index (κ2) is 4.34. The SMILES string of the molecule is CC1(C)O[C@@]1(OCC[N+](C)(C)C)c1ccccc1. The molecule has 1 atom stereocenters. The fourth-order valence-corrected chi connectivity index (χ4v) is 2.15. The van der Waals surface area contributed by atoms with E-state index < -0.39 is 5.79 Å². The van der Waals surface area contributed by atoms with Crippen LogP contribution in [0.4, 0.5) is 0 Å². The van der Waals surface area contributed by atoms with Crippen LogP contribution in [-0.4, -0.2) is 44.4 Å². The predicted octanol–water partition coefficient (Wildman–Crippen LogP) is 2.37. The van der Waals surface area contributed by atoms with Gasteiger partial charge < -0.3 is 14.0 Å². The van der Waals surface area contributed by atoms with Gasteiger partial charge in [0.2, 0.25) is 5.79 Å². The van der Waals surface area contributed by atoms with Crippen molar-refractivity contribution in [1.29, 1.82) is 0 Å². The Labute approximate surface area is 110 Å². The van der Waals surface area contributed by atoms with Crippen molar-refractivity contribution in [3.05, 3.63) is 35.9 Å². The van der Waals surface area contributed by atoms with Crippen molar-refractivity contribution in [2.45, 2.75) is 25.2 Å². The van der Waals surface area contributed by atoms with Crippen molar-refractivity contribution in [2.75, 3.05) is 34.3 Å². The fourth-order valence-electron chi connectivity index (χ4n) is 2.15. The minimum atomic E-state index is -0.552. The van der Waals surface area contributed by atoms with Crippen molar-refractivity contribution in [1.82, 2.24) is 0 Å². The van der Waals surface area contributed by atoms with Gasteiger partial charge in [0.1, 0.15) is 12.1 Å². The second-order valence-electron chi connectivity index (χ2n) is 6.46. The molecule has 1 aromatic rings. The molecule has 1 aliphatic heterocycles. The Hall–Kier alpha value is -0.900. The first-order valence-electron chi connectivity index (χ1n) is 6.47.